The number of aromatic amines is 1. The van der Waals surface area contributed by atoms with Crippen molar-refractivity contribution < 1.29 is 18.0 Å². The highest BCUT2D eigenvalue weighted by molar-refractivity contribution is 5.93. The van der Waals surface area contributed by atoms with Crippen LogP contribution in [0.25, 0.3) is 11.3 Å². The molecular weight excluding hydrogens is 409 g/mol. The van der Waals surface area contributed by atoms with Gasteiger partial charge in [0.2, 0.25) is 0 Å². The maximum Gasteiger partial charge on any atom is 0.416 e. The van der Waals surface area contributed by atoms with E-state index in [1.165, 1.54) is 6.07 Å². The first-order chi connectivity index (χ1) is 14.6. The molecule has 0 unspecified atom stereocenters. The summed E-state index contributed by atoms with van der Waals surface area (Å²) in [5.41, 5.74) is 3.56. The first-order valence-corrected chi connectivity index (χ1v) is 9.92. The van der Waals surface area contributed by atoms with Gasteiger partial charge in [0.1, 0.15) is 5.69 Å². The van der Waals surface area contributed by atoms with Crippen molar-refractivity contribution in [2.24, 2.45) is 7.05 Å². The predicted octanol–water partition coefficient (Wildman–Crippen LogP) is 3.41. The number of benzene rings is 1. The second kappa shape index (κ2) is 7.75. The van der Waals surface area contributed by atoms with Crippen molar-refractivity contribution in [2.45, 2.75) is 20.0 Å². The van der Waals surface area contributed by atoms with Crippen LogP contribution >= 0.6 is 0 Å². The van der Waals surface area contributed by atoms with Gasteiger partial charge in [-0.2, -0.15) is 23.4 Å². The lowest BCUT2D eigenvalue weighted by molar-refractivity contribution is -0.137. The third-order valence-corrected chi connectivity index (χ3v) is 5.68. The van der Waals surface area contributed by atoms with E-state index in [9.17, 15) is 18.0 Å². The zero-order valence-electron chi connectivity index (χ0n) is 17.5. The van der Waals surface area contributed by atoms with E-state index in [1.807, 2.05) is 25.8 Å². The van der Waals surface area contributed by atoms with Gasteiger partial charge in [-0.05, 0) is 38.1 Å². The summed E-state index contributed by atoms with van der Waals surface area (Å²) in [5, 5.41) is 11.5. The molecule has 2 aromatic heterocycles. The average Bonchev–Trinajstić information content (AvgIpc) is 3.31. The molecule has 4 rings (SSSR count). The van der Waals surface area contributed by atoms with Gasteiger partial charge in [0.25, 0.3) is 5.91 Å². The summed E-state index contributed by atoms with van der Waals surface area (Å²) in [6.45, 7) is 5.57. The molecule has 31 heavy (non-hydrogen) atoms. The molecule has 1 aromatic carbocycles. The van der Waals surface area contributed by atoms with Crippen LogP contribution in [-0.2, 0) is 13.2 Å². The van der Waals surface area contributed by atoms with Crippen LogP contribution in [0.3, 0.4) is 0 Å². The third-order valence-electron chi connectivity index (χ3n) is 5.68. The summed E-state index contributed by atoms with van der Waals surface area (Å²) in [7, 11) is 1.86. The number of nitrogens with one attached hydrogen (secondary N) is 1. The first kappa shape index (κ1) is 21.0. The maximum absolute atomic E-state index is 13.0. The SMILES string of the molecule is Cc1nn(C)c(C)c1-c1cc(C(=O)N2CCN(c3cccc(C(F)(F)F)c3)CC2)[nH]n1. The van der Waals surface area contributed by atoms with Gasteiger partial charge in [-0.15, -0.1) is 0 Å². The molecule has 0 atom stereocenters. The fraction of sp³-hybridized carbons (Fsp3) is 0.381. The Morgan fingerprint density at radius 2 is 1.81 bits per heavy atom. The Morgan fingerprint density at radius 1 is 1.10 bits per heavy atom. The molecule has 3 aromatic rings. The average molecular weight is 432 g/mol. The first-order valence-electron chi connectivity index (χ1n) is 9.92. The molecule has 1 saturated heterocycles. The summed E-state index contributed by atoms with van der Waals surface area (Å²) >= 11 is 0. The molecule has 0 spiro atoms. The van der Waals surface area contributed by atoms with Crippen LogP contribution in [0, 0.1) is 13.8 Å². The molecule has 1 N–H and O–H groups in total. The van der Waals surface area contributed by atoms with Gasteiger partial charge in [0.15, 0.2) is 0 Å². The summed E-state index contributed by atoms with van der Waals surface area (Å²) in [4.78, 5) is 16.5. The second-order valence-corrected chi connectivity index (χ2v) is 7.66. The second-order valence-electron chi connectivity index (χ2n) is 7.66. The minimum absolute atomic E-state index is 0.179. The lowest BCUT2D eigenvalue weighted by Crippen LogP contribution is -2.49. The van der Waals surface area contributed by atoms with E-state index in [0.717, 1.165) is 29.1 Å². The zero-order chi connectivity index (χ0) is 22.3. The van der Waals surface area contributed by atoms with Gasteiger partial charge in [0.05, 0.1) is 17.0 Å². The van der Waals surface area contributed by atoms with Gasteiger partial charge < -0.3 is 9.80 Å². The molecule has 0 saturated carbocycles. The van der Waals surface area contributed by atoms with Crippen LogP contribution in [-0.4, -0.2) is 57.0 Å². The largest absolute Gasteiger partial charge is 0.416 e. The van der Waals surface area contributed by atoms with Crippen LogP contribution in [0.2, 0.25) is 0 Å². The van der Waals surface area contributed by atoms with Crippen LogP contribution in [0.5, 0.6) is 0 Å². The van der Waals surface area contributed by atoms with Gasteiger partial charge in [-0.3, -0.25) is 14.6 Å². The van der Waals surface area contributed by atoms with Crippen LogP contribution in [0.1, 0.15) is 27.4 Å². The number of carbonyl (C=O) groups is 1. The Morgan fingerprint density at radius 3 is 2.42 bits per heavy atom. The topological polar surface area (TPSA) is 70.1 Å². The number of amides is 1. The fourth-order valence-corrected chi connectivity index (χ4v) is 3.92. The lowest BCUT2D eigenvalue weighted by Gasteiger charge is -2.36. The van der Waals surface area contributed by atoms with E-state index in [4.69, 9.17) is 0 Å². The molecule has 0 radical (unpaired) electrons. The molecule has 10 heteroatoms. The molecule has 1 amide bonds. The normalized spacial score (nSPS) is 14.9. The number of H-pyrrole nitrogens is 1. The molecule has 1 aliphatic rings. The van der Waals surface area contributed by atoms with Gasteiger partial charge in [-0.25, -0.2) is 0 Å². The number of hydrogen-bond donors (Lipinski definition) is 1. The monoisotopic (exact) mass is 432 g/mol. The Labute approximate surface area is 177 Å². The van der Waals surface area contributed by atoms with E-state index in [-0.39, 0.29) is 5.91 Å². The molecular formula is C21H23F3N6O. The minimum atomic E-state index is -4.38. The Balaban J connectivity index is 1.44. The maximum atomic E-state index is 13.0. The van der Waals surface area contributed by atoms with Crippen LogP contribution in [0.15, 0.2) is 30.3 Å². The highest BCUT2D eigenvalue weighted by Gasteiger charge is 2.31. The van der Waals surface area contributed by atoms with E-state index in [2.05, 4.69) is 15.3 Å². The highest BCUT2D eigenvalue weighted by atomic mass is 19.4. The molecule has 3 heterocycles. The fourth-order valence-electron chi connectivity index (χ4n) is 3.92. The van der Waals surface area contributed by atoms with E-state index >= 15 is 0 Å². The Bertz CT molecular complexity index is 1110. The highest BCUT2D eigenvalue weighted by Crippen LogP contribution is 2.32. The van der Waals surface area contributed by atoms with Gasteiger partial charge >= 0.3 is 6.18 Å². The zero-order valence-corrected chi connectivity index (χ0v) is 17.5. The number of anilines is 1. The van der Waals surface area contributed by atoms with Gasteiger partial charge in [-0.1, -0.05) is 6.07 Å². The number of rotatable bonds is 3. The molecule has 7 nitrogen and oxygen atoms in total. The number of carbonyl (C=O) groups excluding carboxylic acids is 1. The van der Waals surface area contributed by atoms with E-state index in [1.54, 1.807) is 21.7 Å². The van der Waals surface area contributed by atoms with Gasteiger partial charge in [0, 0.05) is 50.2 Å². The van der Waals surface area contributed by atoms with Crippen molar-refractivity contribution >= 4 is 11.6 Å². The van der Waals surface area contributed by atoms with Crippen molar-refractivity contribution in [2.75, 3.05) is 31.1 Å². The standard InChI is InChI=1S/C21H23F3N6O/c1-13-19(14(2)28(3)27-13)17-12-18(26-25-17)20(31)30-9-7-29(8-10-30)16-6-4-5-15(11-16)21(22,23)24/h4-6,11-12H,7-10H2,1-3H3,(H,25,26). The number of halogens is 3. The molecule has 0 aliphatic carbocycles. The number of aryl methyl sites for hydroxylation is 2. The number of nitrogens with zero attached hydrogens (tertiary/aromatic N) is 5. The quantitative estimate of drug-likeness (QED) is 0.689. The Kier molecular flexibility index (Phi) is 5.24. The number of aromatic nitrogens is 4. The molecule has 1 fully saturated rings. The van der Waals surface area contributed by atoms with Crippen molar-refractivity contribution in [3.63, 3.8) is 0 Å². The molecule has 1 aliphatic heterocycles. The Hall–Kier alpha value is -3.30. The summed E-state index contributed by atoms with van der Waals surface area (Å²) in [6.07, 6.45) is -4.38. The van der Waals surface area contributed by atoms with Crippen LogP contribution < -0.4 is 4.90 Å². The van der Waals surface area contributed by atoms with E-state index in [0.29, 0.717) is 43.3 Å². The number of alkyl halides is 3. The number of piperazine rings is 1. The van der Waals surface area contributed by atoms with Crippen molar-refractivity contribution in [3.05, 3.63) is 53.0 Å². The van der Waals surface area contributed by atoms with E-state index < -0.39 is 11.7 Å². The minimum Gasteiger partial charge on any atom is -0.368 e. The molecule has 0 bridgehead atoms. The summed E-state index contributed by atoms with van der Waals surface area (Å²) in [6, 6.07) is 7.00. The smallest absolute Gasteiger partial charge is 0.368 e. The summed E-state index contributed by atoms with van der Waals surface area (Å²) in [5.74, 6) is -0.179. The molecule has 164 valence electrons. The van der Waals surface area contributed by atoms with Crippen LogP contribution in [0.4, 0.5) is 18.9 Å². The van der Waals surface area contributed by atoms with Crippen molar-refractivity contribution in [1.29, 1.82) is 0 Å². The summed E-state index contributed by atoms with van der Waals surface area (Å²) < 4.78 is 40.7. The third kappa shape index (κ3) is 4.01. The predicted molar refractivity (Wildman–Crippen MR) is 110 cm³/mol. The van der Waals surface area contributed by atoms with Crippen molar-refractivity contribution in [3.8, 4) is 11.3 Å². The lowest BCUT2D eigenvalue weighted by atomic mass is 10.1. The number of hydrogen-bond acceptors (Lipinski definition) is 4. The van der Waals surface area contributed by atoms with Crippen molar-refractivity contribution in [1.82, 2.24) is 24.9 Å².